The number of piperidine rings is 1. The highest BCUT2D eigenvalue weighted by Crippen LogP contribution is 2.64. The summed E-state index contributed by atoms with van der Waals surface area (Å²) < 4.78 is 12.6. The molecule has 2 aromatic carbocycles. The molecular weight excluding hydrogens is 556 g/mol. The predicted octanol–water partition coefficient (Wildman–Crippen LogP) is 5.29. The van der Waals surface area contributed by atoms with Gasteiger partial charge >= 0.3 is 5.97 Å². The minimum absolute atomic E-state index is 0.0247. The van der Waals surface area contributed by atoms with Crippen LogP contribution in [-0.2, 0) is 26.2 Å². The maximum Gasteiger partial charge on any atom is 0.308 e. The SMILES string of the molecule is CC(=O)CN1CC[C@]23c4c5ccc(OC(C)=O)c4O[C@H]2[C@H](N(C(=O)CCCCC(=O)c2ccccc2)C(C)C)CC[C@H]3[C@H]1C5. The number of ketones is 2. The summed E-state index contributed by atoms with van der Waals surface area (Å²) in [6, 6.07) is 13.3. The number of Topliss-reactive ketones (excluding diaryl/α,β-unsaturated/α-hetero) is 2. The number of benzene rings is 2. The molecule has 44 heavy (non-hydrogen) atoms. The Morgan fingerprint density at radius 3 is 2.48 bits per heavy atom. The van der Waals surface area contributed by atoms with E-state index in [9.17, 15) is 19.2 Å². The second-order valence-corrected chi connectivity index (χ2v) is 13.4. The first-order valence-corrected chi connectivity index (χ1v) is 16.3. The van der Waals surface area contributed by atoms with E-state index in [1.165, 1.54) is 12.5 Å². The summed E-state index contributed by atoms with van der Waals surface area (Å²) in [6.07, 6.45) is 5.25. The van der Waals surface area contributed by atoms with Gasteiger partial charge in [-0.1, -0.05) is 36.4 Å². The molecule has 1 amide bonds. The summed E-state index contributed by atoms with van der Waals surface area (Å²) in [6.45, 7) is 8.43. The van der Waals surface area contributed by atoms with Crippen molar-refractivity contribution in [3.8, 4) is 11.5 Å². The first-order valence-electron chi connectivity index (χ1n) is 16.3. The van der Waals surface area contributed by atoms with Crippen molar-refractivity contribution in [2.75, 3.05) is 13.1 Å². The third-order valence-corrected chi connectivity index (χ3v) is 10.4. The maximum absolute atomic E-state index is 13.9. The molecule has 2 aliphatic carbocycles. The lowest BCUT2D eigenvalue weighted by atomic mass is 9.51. The van der Waals surface area contributed by atoms with Gasteiger partial charge in [0.05, 0.1) is 12.6 Å². The molecule has 234 valence electrons. The van der Waals surface area contributed by atoms with Crippen molar-refractivity contribution in [3.63, 3.8) is 0 Å². The second kappa shape index (κ2) is 12.1. The van der Waals surface area contributed by atoms with Crippen molar-refractivity contribution in [1.82, 2.24) is 9.80 Å². The lowest BCUT2D eigenvalue weighted by molar-refractivity contribution is -0.146. The molecule has 0 radical (unpaired) electrons. The molecule has 8 heteroatoms. The zero-order valence-electron chi connectivity index (χ0n) is 26.3. The Kier molecular flexibility index (Phi) is 8.40. The van der Waals surface area contributed by atoms with E-state index in [2.05, 4.69) is 24.8 Å². The van der Waals surface area contributed by atoms with E-state index in [0.717, 1.165) is 37.8 Å². The van der Waals surface area contributed by atoms with Crippen LogP contribution in [0.5, 0.6) is 11.5 Å². The van der Waals surface area contributed by atoms with Crippen LogP contribution in [0.15, 0.2) is 42.5 Å². The van der Waals surface area contributed by atoms with Crippen molar-refractivity contribution in [1.29, 1.82) is 0 Å². The van der Waals surface area contributed by atoms with Crippen LogP contribution in [0.25, 0.3) is 0 Å². The number of carbonyl (C=O) groups is 4. The Morgan fingerprint density at radius 2 is 1.77 bits per heavy atom. The molecule has 0 unspecified atom stereocenters. The van der Waals surface area contributed by atoms with Gasteiger partial charge in [-0.3, -0.25) is 24.1 Å². The molecule has 1 saturated heterocycles. The van der Waals surface area contributed by atoms with E-state index in [4.69, 9.17) is 9.47 Å². The van der Waals surface area contributed by atoms with Gasteiger partial charge in [0.1, 0.15) is 11.9 Å². The van der Waals surface area contributed by atoms with E-state index >= 15 is 0 Å². The highest BCUT2D eigenvalue weighted by Gasteiger charge is 2.66. The van der Waals surface area contributed by atoms with Gasteiger partial charge in [-0.25, -0.2) is 0 Å². The highest BCUT2D eigenvalue weighted by atomic mass is 16.6. The molecule has 0 aromatic heterocycles. The van der Waals surface area contributed by atoms with Gasteiger partial charge in [-0.2, -0.15) is 0 Å². The van der Waals surface area contributed by atoms with Gasteiger partial charge in [-0.05, 0) is 83.4 Å². The lowest BCUT2D eigenvalue weighted by Crippen LogP contribution is -2.70. The quantitative estimate of drug-likeness (QED) is 0.150. The number of hydrogen-bond donors (Lipinski definition) is 0. The molecule has 2 aliphatic heterocycles. The van der Waals surface area contributed by atoms with Crippen LogP contribution in [0.1, 0.15) is 94.1 Å². The molecule has 2 fully saturated rings. The third kappa shape index (κ3) is 5.25. The Labute approximate surface area is 260 Å². The Balaban J connectivity index is 1.26. The van der Waals surface area contributed by atoms with Crippen LogP contribution in [0.2, 0.25) is 0 Å². The molecular formula is C36H44N2O6. The van der Waals surface area contributed by atoms with Crippen LogP contribution in [-0.4, -0.2) is 70.6 Å². The topological polar surface area (TPSA) is 93.2 Å². The Bertz CT molecular complexity index is 1450. The first-order chi connectivity index (χ1) is 21.1. The monoisotopic (exact) mass is 600 g/mol. The molecule has 4 aliphatic rings. The number of ether oxygens (including phenoxy) is 2. The van der Waals surface area contributed by atoms with Crippen molar-refractivity contribution >= 4 is 23.4 Å². The molecule has 1 saturated carbocycles. The number of unbranched alkanes of at least 4 members (excludes halogenated alkanes) is 1. The number of carbonyl (C=O) groups excluding carboxylic acids is 4. The van der Waals surface area contributed by atoms with Crippen LogP contribution in [0, 0.1) is 5.92 Å². The fraction of sp³-hybridized carbons (Fsp3) is 0.556. The predicted molar refractivity (Wildman–Crippen MR) is 166 cm³/mol. The van der Waals surface area contributed by atoms with Crippen molar-refractivity contribution in [2.24, 2.45) is 5.92 Å². The molecule has 2 aromatic rings. The van der Waals surface area contributed by atoms with Crippen molar-refractivity contribution < 1.29 is 28.7 Å². The normalized spacial score (nSPS) is 26.5. The maximum atomic E-state index is 13.9. The van der Waals surface area contributed by atoms with Gasteiger partial charge in [0.15, 0.2) is 17.3 Å². The fourth-order valence-electron chi connectivity index (χ4n) is 8.91. The lowest BCUT2D eigenvalue weighted by Gasteiger charge is -2.60. The van der Waals surface area contributed by atoms with Gasteiger partial charge in [0, 0.05) is 48.4 Å². The summed E-state index contributed by atoms with van der Waals surface area (Å²) in [5.74, 6) is 1.38. The molecule has 5 atom stereocenters. The molecule has 2 bridgehead atoms. The van der Waals surface area contributed by atoms with E-state index in [0.29, 0.717) is 49.3 Å². The van der Waals surface area contributed by atoms with Gasteiger partial charge in [-0.15, -0.1) is 0 Å². The first kappa shape index (κ1) is 30.5. The van der Waals surface area contributed by atoms with E-state index < -0.39 is 0 Å². The zero-order chi connectivity index (χ0) is 31.2. The van der Waals surface area contributed by atoms with Crippen LogP contribution >= 0.6 is 0 Å². The van der Waals surface area contributed by atoms with Crippen LogP contribution < -0.4 is 9.47 Å². The number of esters is 1. The van der Waals surface area contributed by atoms with E-state index in [-0.39, 0.29) is 59.0 Å². The smallest absolute Gasteiger partial charge is 0.308 e. The number of nitrogens with zero attached hydrogens (tertiary/aromatic N) is 2. The largest absolute Gasteiger partial charge is 0.483 e. The number of likely N-dealkylation sites (tertiary alicyclic amines) is 1. The number of rotatable bonds is 11. The Hall–Kier alpha value is -3.52. The summed E-state index contributed by atoms with van der Waals surface area (Å²) >= 11 is 0. The average Bonchev–Trinajstić information content (AvgIpc) is 3.33. The average molecular weight is 601 g/mol. The van der Waals surface area contributed by atoms with E-state index in [1.807, 2.05) is 41.3 Å². The number of amides is 1. The minimum Gasteiger partial charge on any atom is -0.483 e. The minimum atomic E-state index is -0.389. The summed E-state index contributed by atoms with van der Waals surface area (Å²) in [7, 11) is 0. The summed E-state index contributed by atoms with van der Waals surface area (Å²) in [5, 5.41) is 0. The van der Waals surface area contributed by atoms with Gasteiger partial charge < -0.3 is 14.4 Å². The molecule has 2 heterocycles. The van der Waals surface area contributed by atoms with E-state index in [1.54, 1.807) is 6.92 Å². The molecule has 1 spiro atoms. The van der Waals surface area contributed by atoms with Crippen LogP contribution in [0.3, 0.4) is 0 Å². The zero-order valence-corrected chi connectivity index (χ0v) is 26.3. The third-order valence-electron chi connectivity index (χ3n) is 10.4. The van der Waals surface area contributed by atoms with Crippen molar-refractivity contribution in [2.45, 2.75) is 109 Å². The molecule has 6 rings (SSSR count). The Morgan fingerprint density at radius 1 is 1.02 bits per heavy atom. The highest BCUT2D eigenvalue weighted by molar-refractivity contribution is 5.96. The molecule has 8 nitrogen and oxygen atoms in total. The van der Waals surface area contributed by atoms with Gasteiger partial charge in [0.2, 0.25) is 5.91 Å². The number of hydrogen-bond acceptors (Lipinski definition) is 7. The standard InChI is InChI=1S/C36H44N2O6/c1-22(2)38(32(42)13-9-8-12-30(41)25-10-6-5-7-11-25)28-16-15-27-29-20-26-14-17-31(43-24(4)40)34-33(26)36(27,35(28)44-34)18-19-37(29)21-23(3)39/h5-7,10-11,14,17,22,27-29,35H,8-9,12-13,15-16,18-21H2,1-4H3/t27-,28+,29+,35-,36-/m0/s1. The van der Waals surface area contributed by atoms with Crippen LogP contribution in [0.4, 0.5) is 0 Å². The fourth-order valence-corrected chi connectivity index (χ4v) is 8.91. The second-order valence-electron chi connectivity index (χ2n) is 13.4. The summed E-state index contributed by atoms with van der Waals surface area (Å²) in [5.41, 5.74) is 2.75. The summed E-state index contributed by atoms with van der Waals surface area (Å²) in [4.78, 5) is 55.2. The van der Waals surface area contributed by atoms with Gasteiger partial charge in [0.25, 0.3) is 0 Å². The van der Waals surface area contributed by atoms with Crippen molar-refractivity contribution in [3.05, 3.63) is 59.2 Å². The molecule has 0 N–H and O–H groups in total.